The van der Waals surface area contributed by atoms with Crippen molar-refractivity contribution >= 4 is 5.97 Å². The molecule has 0 aliphatic carbocycles. The smallest absolute Gasteiger partial charge is 0.338 e. The Labute approximate surface area is 133 Å². The molecule has 1 aromatic heterocycles. The molecule has 0 N–H and O–H groups in total. The van der Waals surface area contributed by atoms with Crippen LogP contribution >= 0.6 is 0 Å². The van der Waals surface area contributed by atoms with E-state index in [1.165, 1.54) is 0 Å². The standard InChI is InChI=1S/C18H16N2O3/c1-12-3-7-14(8-4-12)17-19-16(23-20-17)11-22-18(21)15-9-5-13(2)6-10-15/h3-10H,11H2,1-2H3. The van der Waals surface area contributed by atoms with E-state index in [4.69, 9.17) is 9.26 Å². The van der Waals surface area contributed by atoms with Crippen LogP contribution in [-0.2, 0) is 11.3 Å². The molecule has 0 spiro atoms. The van der Waals surface area contributed by atoms with Crippen molar-refractivity contribution in [3.8, 4) is 11.4 Å². The monoisotopic (exact) mass is 308 g/mol. The maximum atomic E-state index is 11.9. The zero-order valence-corrected chi connectivity index (χ0v) is 12.9. The second-order valence-electron chi connectivity index (χ2n) is 5.32. The summed E-state index contributed by atoms with van der Waals surface area (Å²) >= 11 is 0. The molecule has 116 valence electrons. The van der Waals surface area contributed by atoms with E-state index in [9.17, 15) is 4.79 Å². The van der Waals surface area contributed by atoms with Gasteiger partial charge in [0.1, 0.15) is 0 Å². The maximum Gasteiger partial charge on any atom is 0.338 e. The Morgan fingerprint density at radius 3 is 2.26 bits per heavy atom. The van der Waals surface area contributed by atoms with E-state index in [1.54, 1.807) is 12.1 Å². The molecule has 0 aliphatic rings. The third kappa shape index (κ3) is 3.63. The molecule has 0 aliphatic heterocycles. The van der Waals surface area contributed by atoms with E-state index < -0.39 is 5.97 Å². The summed E-state index contributed by atoms with van der Waals surface area (Å²) in [5.74, 6) is 0.326. The van der Waals surface area contributed by atoms with Gasteiger partial charge in [0.25, 0.3) is 5.89 Å². The fraction of sp³-hybridized carbons (Fsp3) is 0.167. The van der Waals surface area contributed by atoms with Gasteiger partial charge in [0.15, 0.2) is 6.61 Å². The number of ether oxygens (including phenoxy) is 1. The van der Waals surface area contributed by atoms with Gasteiger partial charge in [0.05, 0.1) is 5.56 Å². The number of carbonyl (C=O) groups is 1. The fourth-order valence-corrected chi connectivity index (χ4v) is 2.03. The van der Waals surface area contributed by atoms with E-state index in [-0.39, 0.29) is 12.5 Å². The van der Waals surface area contributed by atoms with Gasteiger partial charge in [-0.2, -0.15) is 4.98 Å². The highest BCUT2D eigenvalue weighted by Gasteiger charge is 2.12. The van der Waals surface area contributed by atoms with Crippen LogP contribution in [0.3, 0.4) is 0 Å². The van der Waals surface area contributed by atoms with E-state index in [2.05, 4.69) is 10.1 Å². The summed E-state index contributed by atoms with van der Waals surface area (Å²) in [7, 11) is 0. The van der Waals surface area contributed by atoms with E-state index in [0.29, 0.717) is 11.4 Å². The van der Waals surface area contributed by atoms with Crippen molar-refractivity contribution in [3.63, 3.8) is 0 Å². The average molecular weight is 308 g/mol. The summed E-state index contributed by atoms with van der Waals surface area (Å²) in [6.45, 7) is 3.92. The molecular weight excluding hydrogens is 292 g/mol. The first kappa shape index (κ1) is 15.0. The number of esters is 1. The Balaban J connectivity index is 1.64. The summed E-state index contributed by atoms with van der Waals surface area (Å²) in [5.41, 5.74) is 3.59. The SMILES string of the molecule is Cc1ccc(C(=O)OCc2nc(-c3ccc(C)cc3)no2)cc1. The van der Waals surface area contributed by atoms with Gasteiger partial charge < -0.3 is 9.26 Å². The molecule has 23 heavy (non-hydrogen) atoms. The Morgan fingerprint density at radius 2 is 1.61 bits per heavy atom. The molecule has 0 saturated heterocycles. The van der Waals surface area contributed by atoms with Gasteiger partial charge in [-0.15, -0.1) is 0 Å². The topological polar surface area (TPSA) is 65.2 Å². The van der Waals surface area contributed by atoms with Crippen molar-refractivity contribution in [1.82, 2.24) is 10.1 Å². The first-order valence-electron chi connectivity index (χ1n) is 7.25. The number of aryl methyl sites for hydroxylation is 2. The molecular formula is C18H16N2O3. The lowest BCUT2D eigenvalue weighted by Crippen LogP contribution is -2.05. The second-order valence-corrected chi connectivity index (χ2v) is 5.32. The van der Waals surface area contributed by atoms with Gasteiger partial charge in [0.2, 0.25) is 5.82 Å². The number of hydrogen-bond acceptors (Lipinski definition) is 5. The normalized spacial score (nSPS) is 10.5. The minimum atomic E-state index is -0.417. The van der Waals surface area contributed by atoms with E-state index in [0.717, 1.165) is 16.7 Å². The van der Waals surface area contributed by atoms with Gasteiger partial charge in [0, 0.05) is 5.56 Å². The highest BCUT2D eigenvalue weighted by Crippen LogP contribution is 2.16. The molecule has 0 unspecified atom stereocenters. The Hall–Kier alpha value is -2.95. The summed E-state index contributed by atoms with van der Waals surface area (Å²) in [4.78, 5) is 16.2. The fourth-order valence-electron chi connectivity index (χ4n) is 2.03. The van der Waals surface area contributed by atoms with Crippen LogP contribution in [-0.4, -0.2) is 16.1 Å². The second kappa shape index (κ2) is 6.44. The number of nitrogens with zero attached hydrogens (tertiary/aromatic N) is 2. The molecule has 1 heterocycles. The number of carbonyl (C=O) groups excluding carboxylic acids is 1. The van der Waals surface area contributed by atoms with Gasteiger partial charge in [-0.25, -0.2) is 4.79 Å². The molecule has 3 aromatic rings. The van der Waals surface area contributed by atoms with Gasteiger partial charge in [-0.3, -0.25) is 0 Å². The molecule has 0 saturated carbocycles. The molecule has 5 nitrogen and oxygen atoms in total. The first-order valence-corrected chi connectivity index (χ1v) is 7.25. The zero-order chi connectivity index (χ0) is 16.2. The summed E-state index contributed by atoms with van der Waals surface area (Å²) in [6, 6.07) is 15.0. The minimum absolute atomic E-state index is 0.0500. The highest BCUT2D eigenvalue weighted by molar-refractivity contribution is 5.89. The predicted molar refractivity (Wildman–Crippen MR) is 84.8 cm³/mol. The van der Waals surface area contributed by atoms with Crippen LogP contribution in [0.5, 0.6) is 0 Å². The molecule has 0 atom stereocenters. The molecule has 0 radical (unpaired) electrons. The van der Waals surface area contributed by atoms with Crippen LogP contribution in [0.25, 0.3) is 11.4 Å². The Morgan fingerprint density at radius 1 is 1.00 bits per heavy atom. The summed E-state index contributed by atoms with van der Waals surface area (Å²) in [5, 5.41) is 3.90. The predicted octanol–water partition coefficient (Wildman–Crippen LogP) is 3.71. The molecule has 3 rings (SSSR count). The van der Waals surface area contributed by atoms with Crippen molar-refractivity contribution in [2.24, 2.45) is 0 Å². The third-order valence-corrected chi connectivity index (χ3v) is 3.39. The van der Waals surface area contributed by atoms with Crippen molar-refractivity contribution in [1.29, 1.82) is 0 Å². The van der Waals surface area contributed by atoms with Gasteiger partial charge in [-0.1, -0.05) is 52.7 Å². The van der Waals surface area contributed by atoms with E-state index in [1.807, 2.05) is 50.2 Å². The molecule has 0 fully saturated rings. The van der Waals surface area contributed by atoms with Crippen molar-refractivity contribution < 1.29 is 14.1 Å². The maximum absolute atomic E-state index is 11.9. The quantitative estimate of drug-likeness (QED) is 0.687. The number of aromatic nitrogens is 2. The number of hydrogen-bond donors (Lipinski definition) is 0. The lowest BCUT2D eigenvalue weighted by Gasteiger charge is -2.02. The number of benzene rings is 2. The van der Waals surface area contributed by atoms with Crippen LogP contribution in [0.15, 0.2) is 53.1 Å². The highest BCUT2D eigenvalue weighted by atomic mass is 16.6. The van der Waals surface area contributed by atoms with Crippen LogP contribution in [0.2, 0.25) is 0 Å². The average Bonchev–Trinajstić information content (AvgIpc) is 3.03. The van der Waals surface area contributed by atoms with Crippen molar-refractivity contribution in [2.75, 3.05) is 0 Å². The first-order chi connectivity index (χ1) is 11.1. The molecule has 0 amide bonds. The van der Waals surface area contributed by atoms with Crippen molar-refractivity contribution in [2.45, 2.75) is 20.5 Å². The Kier molecular flexibility index (Phi) is 4.19. The summed E-state index contributed by atoms with van der Waals surface area (Å²) in [6.07, 6.45) is 0. The minimum Gasteiger partial charge on any atom is -0.452 e. The molecule has 5 heteroatoms. The van der Waals surface area contributed by atoms with Crippen LogP contribution in [0.4, 0.5) is 0 Å². The lowest BCUT2D eigenvalue weighted by molar-refractivity contribution is 0.0430. The van der Waals surface area contributed by atoms with Crippen molar-refractivity contribution in [3.05, 3.63) is 71.1 Å². The van der Waals surface area contributed by atoms with Gasteiger partial charge in [-0.05, 0) is 26.0 Å². The van der Waals surface area contributed by atoms with Gasteiger partial charge >= 0.3 is 5.97 Å². The van der Waals surface area contributed by atoms with Crippen LogP contribution in [0, 0.1) is 13.8 Å². The zero-order valence-electron chi connectivity index (χ0n) is 12.9. The largest absolute Gasteiger partial charge is 0.452 e. The summed E-state index contributed by atoms with van der Waals surface area (Å²) < 4.78 is 10.3. The molecule has 0 bridgehead atoms. The third-order valence-electron chi connectivity index (χ3n) is 3.39. The number of rotatable bonds is 4. The lowest BCUT2D eigenvalue weighted by atomic mass is 10.1. The molecule has 2 aromatic carbocycles. The van der Waals surface area contributed by atoms with E-state index >= 15 is 0 Å². The van der Waals surface area contributed by atoms with Crippen LogP contribution < -0.4 is 0 Å². The Bertz CT molecular complexity index is 805. The van der Waals surface area contributed by atoms with Crippen LogP contribution in [0.1, 0.15) is 27.4 Å².